The van der Waals surface area contributed by atoms with Gasteiger partial charge in [-0.15, -0.1) is 0 Å². The van der Waals surface area contributed by atoms with Crippen LogP contribution in [0.1, 0.15) is 138 Å². The van der Waals surface area contributed by atoms with E-state index in [2.05, 4.69) is 95.3 Å². The SMILES string of the molecule is CC(=O)[O-].CC(=O)[O-].CC(=O)[O-].CCc1c2nc(c(CC)c3cc(CC)c([nH]3)c(CC)c3c(CC)c(CC)c(c(CC)c4nc1C=C4)n3CC)C=C2.[Fe+3]. The molecule has 0 aliphatic carbocycles. The number of fused-ring (bicyclic) bond motifs is 8. The van der Waals surface area contributed by atoms with E-state index in [0.717, 1.165) is 95.0 Å². The van der Waals surface area contributed by atoms with Crippen LogP contribution in [-0.2, 0) is 82.9 Å². The van der Waals surface area contributed by atoms with Gasteiger partial charge in [0.1, 0.15) is 0 Å². The van der Waals surface area contributed by atoms with Crippen molar-refractivity contribution in [2.75, 3.05) is 0 Å². The Morgan fingerprint density at radius 2 is 0.887 bits per heavy atom. The van der Waals surface area contributed by atoms with E-state index in [-0.39, 0.29) is 17.1 Å². The van der Waals surface area contributed by atoms with Crippen molar-refractivity contribution in [3.8, 4) is 0 Å². The number of nitrogens with one attached hydrogen (secondary N) is 1. The Morgan fingerprint density at radius 1 is 0.547 bits per heavy atom. The Bertz CT molecular complexity index is 1960. The third kappa shape index (κ3) is 11.3. The van der Waals surface area contributed by atoms with E-state index >= 15 is 0 Å². The maximum Gasteiger partial charge on any atom is 3.00 e. The molecule has 0 unspecified atom stereocenters. The van der Waals surface area contributed by atoms with Crippen LogP contribution in [0.25, 0.3) is 46.4 Å². The van der Waals surface area contributed by atoms with Crippen LogP contribution >= 0.6 is 0 Å². The fraction of sp³-hybridized carbons (Fsp3) is 0.452. The zero-order valence-electron chi connectivity index (χ0n) is 33.2. The molecule has 2 aliphatic heterocycles. The van der Waals surface area contributed by atoms with Gasteiger partial charge in [0.15, 0.2) is 0 Å². The first-order valence-electron chi connectivity index (χ1n) is 18.4. The average molecular weight is 768 g/mol. The molecule has 0 amide bonds. The minimum atomic E-state index is -1.08. The van der Waals surface area contributed by atoms with Gasteiger partial charge in [-0.1, -0.05) is 48.5 Å². The molecule has 0 fully saturated rings. The van der Waals surface area contributed by atoms with Gasteiger partial charge >= 0.3 is 17.1 Å². The predicted molar refractivity (Wildman–Crippen MR) is 206 cm³/mol. The van der Waals surface area contributed by atoms with E-state index in [0.29, 0.717) is 0 Å². The summed E-state index contributed by atoms with van der Waals surface area (Å²) in [5.74, 6) is -3.25. The Labute approximate surface area is 325 Å². The van der Waals surface area contributed by atoms with E-state index in [1.165, 1.54) is 61.0 Å². The second-order valence-electron chi connectivity index (χ2n) is 12.3. The number of aliphatic carboxylic acids is 3. The molecule has 287 valence electrons. The molecule has 0 atom stereocenters. The largest absolute Gasteiger partial charge is 3.00 e. The molecule has 3 aromatic heterocycles. The van der Waals surface area contributed by atoms with Crippen LogP contribution in [0, 0.1) is 0 Å². The van der Waals surface area contributed by atoms with Gasteiger partial charge in [0, 0.05) is 57.7 Å². The fourth-order valence-electron chi connectivity index (χ4n) is 7.03. The number of nitrogens with zero attached hydrogens (tertiary/aromatic N) is 3. The number of aromatic nitrogens is 4. The topological polar surface area (TPSA) is 167 Å². The molecule has 2 aliphatic rings. The molecule has 10 nitrogen and oxygen atoms in total. The Hall–Kier alpha value is -4.47. The second-order valence-corrected chi connectivity index (χ2v) is 12.3. The first-order valence-corrected chi connectivity index (χ1v) is 18.4. The number of rotatable bonds is 8. The van der Waals surface area contributed by atoms with Crippen molar-refractivity contribution < 1.29 is 46.8 Å². The number of hydrogen-bond acceptors (Lipinski definition) is 8. The normalized spacial score (nSPS) is 10.9. The van der Waals surface area contributed by atoms with Crippen LogP contribution in [0.5, 0.6) is 0 Å². The molecule has 0 saturated carbocycles. The molecule has 5 heterocycles. The molecule has 1 radical (unpaired) electrons. The first kappa shape index (κ1) is 46.6. The average Bonchev–Trinajstić information content (AvgIpc) is 3.88. The van der Waals surface area contributed by atoms with E-state index in [1.54, 1.807) is 0 Å². The molecular weight excluding hydrogens is 712 g/mol. The maximum atomic E-state index is 8.89. The summed E-state index contributed by atoms with van der Waals surface area (Å²) in [4.78, 5) is 41.1. The smallest absolute Gasteiger partial charge is 0.550 e. The third-order valence-corrected chi connectivity index (χ3v) is 8.91. The molecule has 3 aromatic rings. The Balaban J connectivity index is 0.000000946. The van der Waals surface area contributed by atoms with Gasteiger partial charge in [-0.3, -0.25) is 0 Å². The molecule has 1 N–H and O–H groups in total. The molecular formula is C42H55FeN4O6. The number of carboxylic acids is 3. The van der Waals surface area contributed by atoms with E-state index < -0.39 is 17.9 Å². The number of carbonyl (C=O) groups excluding carboxylic acids is 3. The molecule has 5 rings (SSSR count). The minimum absolute atomic E-state index is 0. The molecule has 0 saturated heterocycles. The van der Waals surface area contributed by atoms with E-state index in [9.17, 15) is 0 Å². The van der Waals surface area contributed by atoms with Crippen LogP contribution in [0.2, 0.25) is 0 Å². The third-order valence-electron chi connectivity index (χ3n) is 8.91. The number of aryl methyl sites for hydroxylation is 7. The van der Waals surface area contributed by atoms with Crippen LogP contribution in [-0.4, -0.2) is 37.4 Å². The fourth-order valence-corrected chi connectivity index (χ4v) is 7.03. The van der Waals surface area contributed by atoms with Crippen molar-refractivity contribution in [3.63, 3.8) is 0 Å². The summed E-state index contributed by atoms with van der Waals surface area (Å²) < 4.78 is 2.62. The van der Waals surface area contributed by atoms with Gasteiger partial charge in [0.2, 0.25) is 0 Å². The van der Waals surface area contributed by atoms with Crippen LogP contribution in [0.3, 0.4) is 0 Å². The van der Waals surface area contributed by atoms with Gasteiger partial charge in [-0.25, -0.2) is 9.97 Å². The summed E-state index contributed by atoms with van der Waals surface area (Å²) >= 11 is 0. The number of carboxylic acid groups (broad SMARTS) is 3. The van der Waals surface area contributed by atoms with Crippen molar-refractivity contribution in [1.82, 2.24) is 19.5 Å². The first-order chi connectivity index (χ1) is 24.7. The van der Waals surface area contributed by atoms with Gasteiger partial charge in [-0.2, -0.15) is 0 Å². The van der Waals surface area contributed by atoms with Crippen LogP contribution in [0.15, 0.2) is 6.07 Å². The van der Waals surface area contributed by atoms with E-state index in [1.807, 2.05) is 0 Å². The second kappa shape index (κ2) is 21.9. The van der Waals surface area contributed by atoms with Gasteiger partial charge in [0.25, 0.3) is 0 Å². The minimum Gasteiger partial charge on any atom is -0.550 e. The summed E-state index contributed by atoms with van der Waals surface area (Å²) in [6.45, 7) is 22.1. The van der Waals surface area contributed by atoms with E-state index in [4.69, 9.17) is 39.7 Å². The standard InChI is InChI=1S/C36H46N4.3C2H4O2.Fe/c1-9-22-21-33-26(13-5)31-18-17-29(37-31)25(12-4)30-19-20-32(38-30)27(14-6)35-23(10-2)24(11-3)36(40(35)16-8)28(15-7)34(22)39-33;3*1-2(3)4;/h17-21,39H,9-16H2,1-8H3;3*1H3,(H,3,4);/q;;;;+3/p-3. The maximum absolute atomic E-state index is 8.89. The summed E-state index contributed by atoms with van der Waals surface area (Å²) in [6.07, 6.45) is 15.6. The Morgan fingerprint density at radius 3 is 1.23 bits per heavy atom. The molecule has 0 aromatic carbocycles. The van der Waals surface area contributed by atoms with Gasteiger partial charge < -0.3 is 39.3 Å². The summed E-state index contributed by atoms with van der Waals surface area (Å²) in [6, 6.07) is 2.39. The Kier molecular flexibility index (Phi) is 19.2. The van der Waals surface area contributed by atoms with Crippen molar-refractivity contribution in [2.45, 2.75) is 128 Å². The number of carbonyl (C=O) groups is 3. The molecule has 0 spiro atoms. The summed E-state index contributed by atoms with van der Waals surface area (Å²) in [5, 5.41) is 26.7. The van der Waals surface area contributed by atoms with Gasteiger partial charge in [0.05, 0.1) is 28.3 Å². The van der Waals surface area contributed by atoms with Crippen molar-refractivity contribution in [3.05, 3.63) is 67.8 Å². The van der Waals surface area contributed by atoms with Crippen molar-refractivity contribution >= 4 is 64.3 Å². The number of hydrogen-bond donors (Lipinski definition) is 1. The van der Waals surface area contributed by atoms with Crippen molar-refractivity contribution in [1.29, 1.82) is 0 Å². The van der Waals surface area contributed by atoms with Crippen LogP contribution < -0.4 is 15.3 Å². The number of aromatic amines is 1. The zero-order valence-corrected chi connectivity index (χ0v) is 34.3. The molecule has 8 bridgehead atoms. The predicted octanol–water partition coefficient (Wildman–Crippen LogP) is 5.35. The molecule has 11 heteroatoms. The number of H-pyrrole nitrogens is 1. The van der Waals surface area contributed by atoms with Crippen molar-refractivity contribution in [2.24, 2.45) is 0 Å². The zero-order chi connectivity index (χ0) is 39.3. The molecule has 53 heavy (non-hydrogen) atoms. The summed E-state index contributed by atoms with van der Waals surface area (Å²) in [7, 11) is 0. The quantitative estimate of drug-likeness (QED) is 0.206. The monoisotopic (exact) mass is 767 g/mol. The van der Waals surface area contributed by atoms with Crippen LogP contribution in [0.4, 0.5) is 0 Å². The van der Waals surface area contributed by atoms with Gasteiger partial charge in [-0.05, 0) is 125 Å². The summed E-state index contributed by atoms with van der Waals surface area (Å²) in [5.41, 5.74) is 19.2.